The molecule has 7 heteroatoms. The number of allylic oxidation sites excluding steroid dienone is 1. The molecule has 0 aliphatic rings. The molecule has 2 amide bonds. The molecule has 0 aromatic heterocycles. The van der Waals surface area contributed by atoms with Crippen molar-refractivity contribution in [1.82, 2.24) is 10.2 Å². The van der Waals surface area contributed by atoms with Crippen LogP contribution in [0.2, 0.25) is 0 Å². The minimum Gasteiger partial charge on any atom is -0.426 e. The minimum absolute atomic E-state index is 0.128. The lowest BCUT2D eigenvalue weighted by Gasteiger charge is -2.24. The first-order valence-electron chi connectivity index (χ1n) is 8.83. The van der Waals surface area contributed by atoms with Gasteiger partial charge >= 0.3 is 7.12 Å². The number of nitrogens with one attached hydrogen (secondary N) is 1. The quantitative estimate of drug-likeness (QED) is 0.479. The summed E-state index contributed by atoms with van der Waals surface area (Å²) >= 11 is 0. The first-order valence-corrected chi connectivity index (χ1v) is 8.83. The van der Waals surface area contributed by atoms with Gasteiger partial charge in [-0.15, -0.1) is 0 Å². The van der Waals surface area contributed by atoms with Crippen molar-refractivity contribution >= 4 is 18.9 Å². The first kappa shape index (κ1) is 21.9. The Hall–Kier alpha value is -2.12. The highest BCUT2D eigenvalue weighted by atomic mass is 16.4. The van der Waals surface area contributed by atoms with E-state index in [9.17, 15) is 19.6 Å². The fourth-order valence-electron chi connectivity index (χ4n) is 2.67. The van der Waals surface area contributed by atoms with Gasteiger partial charge < -0.3 is 20.3 Å². The van der Waals surface area contributed by atoms with Crippen molar-refractivity contribution in [2.75, 3.05) is 13.1 Å². The first-order chi connectivity index (χ1) is 12.2. The Labute approximate surface area is 156 Å². The van der Waals surface area contributed by atoms with E-state index in [-0.39, 0.29) is 12.5 Å². The summed E-state index contributed by atoms with van der Waals surface area (Å²) in [7, 11) is -1.69. The second-order valence-corrected chi connectivity index (χ2v) is 6.51. The zero-order chi connectivity index (χ0) is 19.9. The number of nitrogens with zero attached hydrogens (tertiary/aromatic N) is 1. The second kappa shape index (κ2) is 10.1. The van der Waals surface area contributed by atoms with Crippen molar-refractivity contribution in [1.29, 1.82) is 0 Å². The van der Waals surface area contributed by atoms with Gasteiger partial charge in [0.2, 0.25) is 11.8 Å². The van der Waals surface area contributed by atoms with Crippen LogP contribution in [0.4, 0.5) is 0 Å². The molecule has 0 saturated carbocycles. The van der Waals surface area contributed by atoms with E-state index >= 15 is 0 Å². The summed E-state index contributed by atoms with van der Waals surface area (Å²) in [4.78, 5) is 26.0. The van der Waals surface area contributed by atoms with Crippen molar-refractivity contribution in [2.24, 2.45) is 0 Å². The number of rotatable bonds is 8. The third-order valence-corrected chi connectivity index (χ3v) is 4.42. The zero-order valence-electron chi connectivity index (χ0n) is 16.2. The van der Waals surface area contributed by atoms with E-state index in [4.69, 9.17) is 0 Å². The van der Waals surface area contributed by atoms with Crippen LogP contribution in [0.25, 0.3) is 0 Å². The predicted octanol–water partition coefficient (Wildman–Crippen LogP) is 1.16. The average molecular weight is 360 g/mol. The average Bonchev–Trinajstić information content (AvgIpc) is 2.59. The van der Waals surface area contributed by atoms with E-state index in [2.05, 4.69) is 5.32 Å². The summed E-state index contributed by atoms with van der Waals surface area (Å²) in [6, 6.07) is 5.88. The van der Waals surface area contributed by atoms with Gasteiger partial charge in [0.15, 0.2) is 0 Å². The van der Waals surface area contributed by atoms with Gasteiger partial charge in [-0.2, -0.15) is 0 Å². The Kier molecular flexibility index (Phi) is 8.55. The molecule has 0 aliphatic carbocycles. The topological polar surface area (TPSA) is 89.9 Å². The molecule has 1 aromatic rings. The van der Waals surface area contributed by atoms with E-state index in [1.165, 1.54) is 4.90 Å². The largest absolute Gasteiger partial charge is 0.475 e. The summed E-state index contributed by atoms with van der Waals surface area (Å²) in [5.74, 6) is -1.48. The third kappa shape index (κ3) is 6.31. The smallest absolute Gasteiger partial charge is 0.426 e. The fraction of sp³-hybridized carbons (Fsp3) is 0.474. The number of hydrogen-bond acceptors (Lipinski definition) is 4. The van der Waals surface area contributed by atoms with Crippen LogP contribution in [-0.4, -0.2) is 52.9 Å². The van der Waals surface area contributed by atoms with Gasteiger partial charge in [-0.25, -0.2) is 0 Å². The maximum Gasteiger partial charge on any atom is 0.475 e. The standard InChI is InChI=1S/C19H29BN2O4/c1-6-14(4)19(24)22(7-2)12-18(23)21-17(20(25)26)11-16-9-8-13(3)10-15(16)5/h6,8-10,17,25-26H,7,11-12H2,1-5H3,(H,21,23)/t17-/m0/s1. The maximum atomic E-state index is 12.3. The van der Waals surface area contributed by atoms with Crippen molar-refractivity contribution in [3.05, 3.63) is 46.5 Å². The highest BCUT2D eigenvalue weighted by molar-refractivity contribution is 6.43. The van der Waals surface area contributed by atoms with E-state index in [1.807, 2.05) is 32.0 Å². The molecule has 0 saturated heterocycles. The normalized spacial score (nSPS) is 12.5. The Balaban J connectivity index is 2.80. The summed E-state index contributed by atoms with van der Waals surface area (Å²) < 4.78 is 0. The number of likely N-dealkylation sites (N-methyl/N-ethyl adjacent to an activating group) is 1. The lowest BCUT2D eigenvalue weighted by molar-refractivity contribution is -0.133. The monoisotopic (exact) mass is 360 g/mol. The van der Waals surface area contributed by atoms with Crippen LogP contribution in [0.15, 0.2) is 29.8 Å². The lowest BCUT2D eigenvalue weighted by atomic mass is 9.75. The zero-order valence-corrected chi connectivity index (χ0v) is 16.2. The maximum absolute atomic E-state index is 12.3. The molecule has 1 rings (SSSR count). The molecule has 0 unspecified atom stereocenters. The van der Waals surface area contributed by atoms with E-state index in [1.54, 1.807) is 26.8 Å². The highest BCUT2D eigenvalue weighted by Crippen LogP contribution is 2.13. The molecular formula is C19H29BN2O4. The highest BCUT2D eigenvalue weighted by Gasteiger charge is 2.27. The minimum atomic E-state index is -1.69. The molecule has 1 aromatic carbocycles. The van der Waals surface area contributed by atoms with Crippen LogP contribution >= 0.6 is 0 Å². The number of hydrogen-bond donors (Lipinski definition) is 3. The van der Waals surface area contributed by atoms with Gasteiger partial charge in [-0.1, -0.05) is 29.8 Å². The van der Waals surface area contributed by atoms with Crippen molar-refractivity contribution in [3.8, 4) is 0 Å². The molecule has 1 atom stereocenters. The van der Waals surface area contributed by atoms with Gasteiger partial charge in [0.05, 0.1) is 12.5 Å². The molecule has 0 radical (unpaired) electrons. The molecule has 0 fully saturated rings. The van der Waals surface area contributed by atoms with Crippen LogP contribution in [-0.2, 0) is 16.0 Å². The van der Waals surface area contributed by atoms with Crippen LogP contribution in [0, 0.1) is 13.8 Å². The number of aryl methyl sites for hydroxylation is 2. The molecule has 26 heavy (non-hydrogen) atoms. The number of carbonyl (C=O) groups excluding carboxylic acids is 2. The predicted molar refractivity (Wildman–Crippen MR) is 103 cm³/mol. The van der Waals surface area contributed by atoms with Gasteiger partial charge in [-0.05, 0) is 52.2 Å². The molecular weight excluding hydrogens is 331 g/mol. The summed E-state index contributed by atoms with van der Waals surface area (Å²) in [5.41, 5.74) is 3.64. The second-order valence-electron chi connectivity index (χ2n) is 6.51. The van der Waals surface area contributed by atoms with Crippen molar-refractivity contribution < 1.29 is 19.6 Å². The molecule has 3 N–H and O–H groups in total. The summed E-state index contributed by atoms with van der Waals surface area (Å²) in [5, 5.41) is 21.9. The lowest BCUT2D eigenvalue weighted by Crippen LogP contribution is -2.51. The molecule has 0 aliphatic heterocycles. The Morgan fingerprint density at radius 3 is 2.46 bits per heavy atom. The Bertz CT molecular complexity index is 674. The Morgan fingerprint density at radius 1 is 1.31 bits per heavy atom. The van der Waals surface area contributed by atoms with Crippen molar-refractivity contribution in [2.45, 2.75) is 47.0 Å². The Morgan fingerprint density at radius 2 is 1.96 bits per heavy atom. The van der Waals surface area contributed by atoms with Crippen LogP contribution in [0.3, 0.4) is 0 Å². The number of benzene rings is 1. The van der Waals surface area contributed by atoms with E-state index in [0.717, 1.165) is 16.7 Å². The number of carbonyl (C=O) groups is 2. The fourth-order valence-corrected chi connectivity index (χ4v) is 2.67. The summed E-state index contributed by atoms with van der Waals surface area (Å²) in [6.07, 6.45) is 1.99. The third-order valence-electron chi connectivity index (χ3n) is 4.42. The molecule has 6 nitrogen and oxygen atoms in total. The number of amides is 2. The van der Waals surface area contributed by atoms with Gasteiger partial charge in [0.1, 0.15) is 0 Å². The van der Waals surface area contributed by atoms with E-state index in [0.29, 0.717) is 18.5 Å². The van der Waals surface area contributed by atoms with Gasteiger partial charge in [0, 0.05) is 12.1 Å². The van der Waals surface area contributed by atoms with Crippen LogP contribution in [0.5, 0.6) is 0 Å². The van der Waals surface area contributed by atoms with Gasteiger partial charge in [0.25, 0.3) is 0 Å². The SMILES string of the molecule is CC=C(C)C(=O)N(CC)CC(=O)N[C@@H](Cc1ccc(C)cc1C)B(O)O. The molecule has 0 heterocycles. The summed E-state index contributed by atoms with van der Waals surface area (Å²) in [6.45, 7) is 9.45. The van der Waals surface area contributed by atoms with E-state index < -0.39 is 19.0 Å². The molecule has 0 spiro atoms. The molecule has 0 bridgehead atoms. The van der Waals surface area contributed by atoms with Crippen LogP contribution in [0.1, 0.15) is 37.5 Å². The molecule has 142 valence electrons. The van der Waals surface area contributed by atoms with Crippen molar-refractivity contribution in [3.63, 3.8) is 0 Å². The van der Waals surface area contributed by atoms with Crippen LogP contribution < -0.4 is 5.32 Å². The van der Waals surface area contributed by atoms with Gasteiger partial charge in [-0.3, -0.25) is 9.59 Å².